The summed E-state index contributed by atoms with van der Waals surface area (Å²) in [6, 6.07) is 0. The van der Waals surface area contributed by atoms with Gasteiger partial charge in [-0.05, 0) is 58.8 Å². The first kappa shape index (κ1) is 18.5. The summed E-state index contributed by atoms with van der Waals surface area (Å²) in [5, 5.41) is 0. The maximum absolute atomic E-state index is 12.2. The largest absolute Gasteiger partial charge is 0.444 e. The van der Waals surface area contributed by atoms with Crippen LogP contribution in [0.5, 0.6) is 0 Å². The van der Waals surface area contributed by atoms with Crippen LogP contribution in [0.25, 0.3) is 0 Å². The number of hydrogen-bond acceptors (Lipinski definition) is 4. The quantitative estimate of drug-likeness (QED) is 0.791. The Hall–Kier alpha value is -0.810. The molecule has 2 rings (SSSR count). The van der Waals surface area contributed by atoms with E-state index in [0.717, 1.165) is 65.0 Å². The van der Waals surface area contributed by atoms with Crippen LogP contribution >= 0.6 is 0 Å². The highest BCUT2D eigenvalue weighted by atomic mass is 16.6. The molecule has 2 aliphatic rings. The van der Waals surface area contributed by atoms with Gasteiger partial charge in [0.2, 0.25) is 0 Å². The number of likely N-dealkylation sites (tertiary alicyclic amines) is 1. The molecule has 134 valence electrons. The van der Waals surface area contributed by atoms with Gasteiger partial charge in [0.15, 0.2) is 0 Å². The maximum Gasteiger partial charge on any atom is 0.410 e. The predicted molar refractivity (Wildman–Crippen MR) is 89.6 cm³/mol. The normalized spacial score (nSPS) is 22.9. The Kier molecular flexibility index (Phi) is 6.32. The fourth-order valence-electron chi connectivity index (χ4n) is 3.23. The molecule has 0 atom stereocenters. The zero-order chi connectivity index (χ0) is 16.9. The van der Waals surface area contributed by atoms with E-state index < -0.39 is 5.60 Å². The molecule has 0 spiro atoms. The monoisotopic (exact) mass is 327 g/mol. The van der Waals surface area contributed by atoms with E-state index in [-0.39, 0.29) is 11.7 Å². The molecular weight excluding hydrogens is 294 g/mol. The predicted octanol–water partition coefficient (Wildman–Crippen LogP) is 3.61. The Morgan fingerprint density at radius 1 is 1.22 bits per heavy atom. The number of ether oxygens (including phenoxy) is 3. The van der Waals surface area contributed by atoms with Gasteiger partial charge >= 0.3 is 6.09 Å². The maximum atomic E-state index is 12.2. The Bertz CT molecular complexity index is 377. The Morgan fingerprint density at radius 3 is 2.35 bits per heavy atom. The molecule has 0 aromatic carbocycles. The van der Waals surface area contributed by atoms with Gasteiger partial charge in [0.05, 0.1) is 12.2 Å². The first-order valence-corrected chi connectivity index (χ1v) is 9.03. The molecule has 0 aromatic heterocycles. The molecule has 0 unspecified atom stereocenters. The van der Waals surface area contributed by atoms with Crippen molar-refractivity contribution in [1.82, 2.24) is 4.90 Å². The van der Waals surface area contributed by atoms with Gasteiger partial charge in [0.1, 0.15) is 5.60 Å². The van der Waals surface area contributed by atoms with Gasteiger partial charge in [-0.2, -0.15) is 0 Å². The van der Waals surface area contributed by atoms with Crippen LogP contribution in [0.2, 0.25) is 0 Å². The third-order valence-corrected chi connectivity index (χ3v) is 4.94. The molecule has 0 radical (unpaired) electrons. The van der Waals surface area contributed by atoms with Crippen LogP contribution in [0.3, 0.4) is 0 Å². The van der Waals surface area contributed by atoms with E-state index in [1.165, 1.54) is 0 Å². The molecule has 1 amide bonds. The summed E-state index contributed by atoms with van der Waals surface area (Å²) in [5.74, 6) is 0.621. The van der Waals surface area contributed by atoms with Gasteiger partial charge in [-0.1, -0.05) is 6.92 Å². The average molecular weight is 327 g/mol. The first-order valence-electron chi connectivity index (χ1n) is 9.03. The van der Waals surface area contributed by atoms with Crippen molar-refractivity contribution in [3.63, 3.8) is 0 Å². The molecule has 5 nitrogen and oxygen atoms in total. The van der Waals surface area contributed by atoms with Crippen molar-refractivity contribution in [2.24, 2.45) is 5.92 Å². The lowest BCUT2D eigenvalue weighted by Gasteiger charge is -2.42. The molecule has 0 aliphatic carbocycles. The van der Waals surface area contributed by atoms with E-state index in [0.29, 0.717) is 5.92 Å². The first-order chi connectivity index (χ1) is 10.8. The molecule has 2 heterocycles. The van der Waals surface area contributed by atoms with E-state index in [1.807, 2.05) is 25.7 Å². The van der Waals surface area contributed by atoms with Gasteiger partial charge < -0.3 is 19.1 Å². The van der Waals surface area contributed by atoms with Crippen molar-refractivity contribution in [2.75, 3.05) is 32.9 Å². The number of carbonyl (C=O) groups is 1. The van der Waals surface area contributed by atoms with Crippen LogP contribution in [-0.4, -0.2) is 55.1 Å². The van der Waals surface area contributed by atoms with E-state index in [2.05, 4.69) is 6.92 Å². The summed E-state index contributed by atoms with van der Waals surface area (Å²) in [5.41, 5.74) is -0.507. The topological polar surface area (TPSA) is 48.0 Å². The van der Waals surface area contributed by atoms with E-state index >= 15 is 0 Å². The second-order valence-corrected chi connectivity index (χ2v) is 7.87. The minimum Gasteiger partial charge on any atom is -0.444 e. The smallest absolute Gasteiger partial charge is 0.410 e. The number of hydrogen-bond donors (Lipinski definition) is 0. The highest BCUT2D eigenvalue weighted by Gasteiger charge is 2.37. The van der Waals surface area contributed by atoms with Gasteiger partial charge in [0, 0.05) is 26.3 Å². The number of nitrogens with zero attached hydrogens (tertiary/aromatic N) is 1. The third kappa shape index (κ3) is 5.64. The lowest BCUT2D eigenvalue weighted by Crippen LogP contribution is -2.49. The standard InChI is InChI=1S/C18H33NO4/c1-5-18(22-14-15-6-12-21-13-7-15)8-10-19(11-9-18)16(20)23-17(2,3)4/h15H,5-14H2,1-4H3. The van der Waals surface area contributed by atoms with Gasteiger partial charge in [-0.3, -0.25) is 0 Å². The van der Waals surface area contributed by atoms with Crippen LogP contribution in [0.1, 0.15) is 59.8 Å². The fraction of sp³-hybridized carbons (Fsp3) is 0.944. The molecule has 5 heteroatoms. The van der Waals surface area contributed by atoms with Crippen LogP contribution in [0.15, 0.2) is 0 Å². The minimum atomic E-state index is -0.435. The molecule has 0 bridgehead atoms. The van der Waals surface area contributed by atoms with E-state index in [1.54, 1.807) is 0 Å². The molecular formula is C18H33NO4. The zero-order valence-electron chi connectivity index (χ0n) is 15.2. The molecule has 23 heavy (non-hydrogen) atoms. The number of amides is 1. The SMILES string of the molecule is CCC1(OCC2CCOCC2)CCN(C(=O)OC(C)(C)C)CC1. The number of rotatable bonds is 4. The highest BCUT2D eigenvalue weighted by Crippen LogP contribution is 2.32. The molecule has 2 aliphatic heterocycles. The second kappa shape index (κ2) is 7.84. The van der Waals surface area contributed by atoms with Crippen molar-refractivity contribution in [3.05, 3.63) is 0 Å². The van der Waals surface area contributed by atoms with Gasteiger partial charge in [0.25, 0.3) is 0 Å². The van der Waals surface area contributed by atoms with Crippen molar-refractivity contribution < 1.29 is 19.0 Å². The molecule has 0 N–H and O–H groups in total. The highest BCUT2D eigenvalue weighted by molar-refractivity contribution is 5.68. The Morgan fingerprint density at radius 2 is 1.83 bits per heavy atom. The van der Waals surface area contributed by atoms with Crippen LogP contribution < -0.4 is 0 Å². The second-order valence-electron chi connectivity index (χ2n) is 7.87. The van der Waals surface area contributed by atoms with Crippen molar-refractivity contribution in [3.8, 4) is 0 Å². The average Bonchev–Trinajstić information content (AvgIpc) is 2.53. The summed E-state index contributed by atoms with van der Waals surface area (Å²) in [6.45, 7) is 11.9. The summed E-state index contributed by atoms with van der Waals surface area (Å²) in [4.78, 5) is 14.0. The molecule has 2 fully saturated rings. The summed E-state index contributed by atoms with van der Waals surface area (Å²) in [6.07, 6.45) is 4.79. The Labute approximate surface area is 140 Å². The summed E-state index contributed by atoms with van der Waals surface area (Å²) in [7, 11) is 0. The number of piperidine rings is 1. The third-order valence-electron chi connectivity index (χ3n) is 4.94. The number of carbonyl (C=O) groups excluding carboxylic acids is 1. The van der Waals surface area contributed by atoms with E-state index in [4.69, 9.17) is 14.2 Å². The summed E-state index contributed by atoms with van der Waals surface area (Å²) < 4.78 is 17.2. The van der Waals surface area contributed by atoms with Crippen LogP contribution in [0, 0.1) is 5.92 Å². The summed E-state index contributed by atoms with van der Waals surface area (Å²) >= 11 is 0. The molecule has 0 aromatic rings. The lowest BCUT2D eigenvalue weighted by atomic mass is 9.88. The Balaban J connectivity index is 1.80. The minimum absolute atomic E-state index is 0.0726. The van der Waals surface area contributed by atoms with Gasteiger partial charge in [-0.25, -0.2) is 4.79 Å². The van der Waals surface area contributed by atoms with Crippen LogP contribution in [0.4, 0.5) is 4.79 Å². The molecule has 0 saturated carbocycles. The van der Waals surface area contributed by atoms with Crippen molar-refractivity contribution in [2.45, 2.75) is 71.0 Å². The zero-order valence-corrected chi connectivity index (χ0v) is 15.2. The fourth-order valence-corrected chi connectivity index (χ4v) is 3.23. The van der Waals surface area contributed by atoms with Crippen molar-refractivity contribution in [1.29, 1.82) is 0 Å². The van der Waals surface area contributed by atoms with Crippen molar-refractivity contribution >= 4 is 6.09 Å². The van der Waals surface area contributed by atoms with E-state index in [9.17, 15) is 4.79 Å². The van der Waals surface area contributed by atoms with Gasteiger partial charge in [-0.15, -0.1) is 0 Å². The molecule has 2 saturated heterocycles. The van der Waals surface area contributed by atoms with Crippen LogP contribution in [-0.2, 0) is 14.2 Å². The lowest BCUT2D eigenvalue weighted by molar-refractivity contribution is -0.106.